The first-order valence-corrected chi connectivity index (χ1v) is 41.0. The predicted molar refractivity (Wildman–Crippen MR) is 500 cm³/mol. The van der Waals surface area contributed by atoms with Gasteiger partial charge in [0.25, 0.3) is 0 Å². The van der Waals surface area contributed by atoms with Crippen molar-refractivity contribution in [2.45, 2.75) is 0 Å². The van der Waals surface area contributed by atoms with E-state index in [2.05, 4.69) is 391 Å². The second kappa shape index (κ2) is 34.7. The van der Waals surface area contributed by atoms with E-state index in [-0.39, 0.29) is 63.2 Å². The Kier molecular flexibility index (Phi) is 22.4. The van der Waals surface area contributed by atoms with Crippen LogP contribution in [0.2, 0.25) is 0 Å². The number of imidazole rings is 3. The minimum atomic E-state index is 0. The summed E-state index contributed by atoms with van der Waals surface area (Å²) in [5, 5.41) is 6.97. The maximum atomic E-state index is 5.18. The fraction of sp³-hybridized carbons (Fsp3) is 0.0270. The molecule has 606 valence electrons. The van der Waals surface area contributed by atoms with Gasteiger partial charge >= 0.3 is 63.2 Å². The molecule has 0 radical (unpaired) electrons. The fourth-order valence-electron chi connectivity index (χ4n) is 17.4. The molecule has 24 rings (SSSR count). The number of fused-ring (bicyclic) bond motifs is 12. The van der Waals surface area contributed by atoms with E-state index in [4.69, 9.17) is 15.0 Å². The molecule has 0 N–H and O–H groups in total. The molecule has 0 aliphatic rings. The maximum Gasteiger partial charge on any atom is 2.00 e. The largest absolute Gasteiger partial charge is 2.00 e. The quantitative estimate of drug-likeness (QED) is 0.113. The SMILES string of the molecule is Cn1c(-c2[c-]c3c(cc2)c2ccccc2n3-c2[c-]c(-c3ccccn3)ccc2)nc2c(-c3ccccc3)cccc21.Cn1c(-c2[c-]c3c(cc2)c2ccccc2n3-c2[c-]c(-c3ccccn3)ccc2)nc2cc(-c3ccccc3)ccc21.Cn1c(-c2[c-]c3c(cc2)c2ccccc2n3-c2[c-]c(-c3ccccn3)ccc2)nc2ccc(-c3ccccc3)cc21.[Pt+2].[Pt+2].[Pt+2]. The summed E-state index contributed by atoms with van der Waals surface area (Å²) in [6, 6.07) is 148. The number of hydrogen-bond donors (Lipinski definition) is 0. The van der Waals surface area contributed by atoms with Gasteiger partial charge in [-0.05, 0) is 161 Å². The van der Waals surface area contributed by atoms with Crippen LogP contribution in [0, 0.1) is 36.4 Å². The van der Waals surface area contributed by atoms with Crippen LogP contribution in [0.1, 0.15) is 0 Å². The minimum absolute atomic E-state index is 0. The predicted octanol–water partition coefficient (Wildman–Crippen LogP) is 26.0. The van der Waals surface area contributed by atoms with Crippen LogP contribution >= 0.6 is 0 Å². The molecule has 12 nitrogen and oxygen atoms in total. The number of nitrogens with zero attached hydrogens (tertiary/aromatic N) is 12. The summed E-state index contributed by atoms with van der Waals surface area (Å²) in [6.45, 7) is 0. The molecule has 15 aromatic carbocycles. The number of aryl methyl sites for hydroxylation is 3. The maximum absolute atomic E-state index is 5.18. The van der Waals surface area contributed by atoms with E-state index in [0.29, 0.717) is 0 Å². The van der Waals surface area contributed by atoms with Gasteiger partial charge in [-0.15, -0.1) is 161 Å². The van der Waals surface area contributed by atoms with E-state index in [1.165, 1.54) is 32.8 Å². The summed E-state index contributed by atoms with van der Waals surface area (Å²) in [7, 11) is 6.23. The first kappa shape index (κ1) is 81.3. The third kappa shape index (κ3) is 14.8. The van der Waals surface area contributed by atoms with Crippen molar-refractivity contribution in [2.75, 3.05) is 0 Å². The van der Waals surface area contributed by atoms with Crippen molar-refractivity contribution in [3.63, 3.8) is 0 Å². The normalized spacial score (nSPS) is 11.3. The first-order valence-electron chi connectivity index (χ1n) is 41.0. The molecule has 0 amide bonds. The molecule has 9 heterocycles. The van der Waals surface area contributed by atoms with E-state index >= 15 is 0 Å². The summed E-state index contributed by atoms with van der Waals surface area (Å²) in [6.07, 6.45) is 5.45. The van der Waals surface area contributed by atoms with Crippen LogP contribution in [-0.2, 0) is 84.3 Å². The van der Waals surface area contributed by atoms with Crippen LogP contribution in [0.4, 0.5) is 0 Å². The molecule has 9 aromatic heterocycles. The van der Waals surface area contributed by atoms with E-state index in [1.807, 2.05) is 91.4 Å². The smallest absolute Gasteiger partial charge is 0.367 e. The van der Waals surface area contributed by atoms with Crippen LogP contribution in [0.25, 0.3) is 217 Å². The van der Waals surface area contributed by atoms with Gasteiger partial charge in [-0.1, -0.05) is 222 Å². The number of pyridine rings is 3. The van der Waals surface area contributed by atoms with Gasteiger partial charge in [0, 0.05) is 61.8 Å². The molecule has 15 heteroatoms. The standard InChI is InChI=1S/3C37H24N4.3Pt/c1-40-34-19-10-16-29(25-11-3-2-4-12-25)36(34)39-37(40)27-20-21-31-30-15-5-6-18-33(30)41(35(31)24-27)28-14-9-13-26(23-28)32-17-7-8-22-38-32;1-40-35-20-18-26(25-10-3-2-4-11-25)23-33(35)39-37(40)28-17-19-31-30-14-5-6-16-34(30)41(36(31)24-28)29-13-9-12-27(22-29)32-15-7-8-21-38-32;1-40-36-23-26(25-10-3-2-4-11-25)18-20-33(36)39-37(40)28-17-19-31-30-14-5-6-16-34(30)41(35(31)24-28)29-13-9-12-27(22-29)32-15-7-8-21-38-32;;;/h2-22H,1H3;2*2-21,23H,1H3;;;/q3*-2;3*+2. The van der Waals surface area contributed by atoms with Crippen molar-refractivity contribution in [1.82, 2.24) is 57.3 Å². The van der Waals surface area contributed by atoms with Gasteiger partial charge in [0.05, 0.1) is 50.6 Å². The molecule has 0 atom stereocenters. The summed E-state index contributed by atoms with van der Waals surface area (Å²) in [4.78, 5) is 29.0. The second-order valence-corrected chi connectivity index (χ2v) is 30.6. The van der Waals surface area contributed by atoms with E-state index in [0.717, 1.165) is 184 Å². The monoisotopic (exact) mass is 2160 g/mol. The van der Waals surface area contributed by atoms with Gasteiger partial charge in [0.15, 0.2) is 0 Å². The van der Waals surface area contributed by atoms with Crippen molar-refractivity contribution in [3.8, 4) is 118 Å². The molecule has 0 aliphatic carbocycles. The first-order chi connectivity index (χ1) is 60.7. The van der Waals surface area contributed by atoms with E-state index < -0.39 is 0 Å². The van der Waals surface area contributed by atoms with Gasteiger partial charge in [-0.3, -0.25) is 15.0 Å². The Morgan fingerprint density at radius 3 is 1.02 bits per heavy atom. The zero-order valence-electron chi connectivity index (χ0n) is 68.2. The molecule has 0 unspecified atom stereocenters. The molecule has 0 bridgehead atoms. The van der Waals surface area contributed by atoms with Gasteiger partial charge in [-0.25, -0.2) is 0 Å². The Balaban J connectivity index is 0.000000122. The zero-order chi connectivity index (χ0) is 82.0. The number of aromatic nitrogens is 12. The summed E-state index contributed by atoms with van der Waals surface area (Å²) in [5.41, 5.74) is 30.7. The molecule has 24 aromatic rings. The number of rotatable bonds is 12. The molecular weight excluding hydrogens is 2090 g/mol. The summed E-state index contributed by atoms with van der Waals surface area (Å²) >= 11 is 0. The Labute approximate surface area is 770 Å². The number of hydrogen-bond acceptors (Lipinski definition) is 6. The van der Waals surface area contributed by atoms with Crippen molar-refractivity contribution < 1.29 is 63.2 Å². The Hall–Kier alpha value is -14.4. The Bertz CT molecular complexity index is 7960. The van der Waals surface area contributed by atoms with Gasteiger partial charge < -0.3 is 42.4 Å². The van der Waals surface area contributed by atoms with Crippen LogP contribution in [-0.4, -0.2) is 57.3 Å². The van der Waals surface area contributed by atoms with Crippen LogP contribution in [0.3, 0.4) is 0 Å². The average molecular weight is 2160 g/mol. The fourth-order valence-corrected chi connectivity index (χ4v) is 17.4. The van der Waals surface area contributed by atoms with Gasteiger partial charge in [0.2, 0.25) is 0 Å². The molecule has 126 heavy (non-hydrogen) atoms. The number of para-hydroxylation sites is 4. The van der Waals surface area contributed by atoms with Crippen molar-refractivity contribution >= 4 is 98.5 Å². The topological polar surface area (TPSA) is 107 Å². The van der Waals surface area contributed by atoms with Gasteiger partial charge in [0.1, 0.15) is 0 Å². The second-order valence-electron chi connectivity index (χ2n) is 30.6. The van der Waals surface area contributed by atoms with Crippen LogP contribution < -0.4 is 0 Å². The minimum Gasteiger partial charge on any atom is -0.367 e. The Morgan fingerprint density at radius 1 is 0.222 bits per heavy atom. The summed E-state index contributed by atoms with van der Waals surface area (Å²) in [5.74, 6) is 2.65. The molecule has 0 saturated heterocycles. The molecule has 0 saturated carbocycles. The number of benzene rings is 15. The molecule has 0 fully saturated rings. The van der Waals surface area contributed by atoms with Gasteiger partial charge in [-0.2, -0.15) is 0 Å². The summed E-state index contributed by atoms with van der Waals surface area (Å²) < 4.78 is 13.2. The van der Waals surface area contributed by atoms with Crippen LogP contribution in [0.5, 0.6) is 0 Å². The molecular formula is C111H72N12Pt3. The Morgan fingerprint density at radius 2 is 0.579 bits per heavy atom. The average Bonchev–Trinajstić information content (AvgIpc) is 1.59. The molecule has 0 aliphatic heterocycles. The molecule has 0 spiro atoms. The third-order valence-corrected chi connectivity index (χ3v) is 23.3. The van der Waals surface area contributed by atoms with E-state index in [9.17, 15) is 0 Å². The van der Waals surface area contributed by atoms with Crippen molar-refractivity contribution in [2.24, 2.45) is 21.1 Å². The van der Waals surface area contributed by atoms with E-state index in [1.54, 1.807) is 0 Å². The van der Waals surface area contributed by atoms with Crippen molar-refractivity contribution in [3.05, 3.63) is 419 Å². The third-order valence-electron chi connectivity index (χ3n) is 23.3. The van der Waals surface area contributed by atoms with Crippen LogP contribution in [0.15, 0.2) is 383 Å². The van der Waals surface area contributed by atoms with Crippen molar-refractivity contribution in [1.29, 1.82) is 0 Å². The zero-order valence-corrected chi connectivity index (χ0v) is 75.0.